The van der Waals surface area contributed by atoms with E-state index in [1.54, 1.807) is 20.8 Å². The summed E-state index contributed by atoms with van der Waals surface area (Å²) in [6.45, 7) is 12.8. The lowest BCUT2D eigenvalue weighted by Crippen LogP contribution is -2.63. The minimum atomic E-state index is -1.74. The Morgan fingerprint density at radius 1 is 0.596 bits per heavy atom. The molecule has 0 saturated heterocycles. The summed E-state index contributed by atoms with van der Waals surface area (Å²) < 4.78 is 0. The van der Waals surface area contributed by atoms with Gasteiger partial charge in [0.05, 0.1) is 18.2 Å². The molecule has 17 nitrogen and oxygen atoms in total. The number of aliphatic hydroxyl groups excluding tert-OH is 2. The largest absolute Gasteiger partial charge is 0.480 e. The minimum absolute atomic E-state index is 0.147. The number of hydrogen-bond acceptors (Lipinski definition) is 10. The first kappa shape index (κ1) is 43.2. The minimum Gasteiger partial charge on any atom is -0.480 e. The predicted octanol–water partition coefficient (Wildman–Crippen LogP) is -2.40. The van der Waals surface area contributed by atoms with Gasteiger partial charge in [-0.05, 0) is 38.0 Å². The second kappa shape index (κ2) is 20.4. The third kappa shape index (κ3) is 14.2. The number of hydrogen-bond donors (Lipinski definition) is 10. The van der Waals surface area contributed by atoms with Gasteiger partial charge in [-0.15, -0.1) is 0 Å². The third-order valence-corrected chi connectivity index (χ3v) is 8.02. The van der Waals surface area contributed by atoms with Gasteiger partial charge in [-0.1, -0.05) is 54.4 Å². The Morgan fingerprint density at radius 3 is 1.45 bits per heavy atom. The maximum Gasteiger partial charge on any atom is 0.328 e. The van der Waals surface area contributed by atoms with Gasteiger partial charge < -0.3 is 53.4 Å². The van der Waals surface area contributed by atoms with E-state index in [-0.39, 0.29) is 18.3 Å². The van der Waals surface area contributed by atoms with Crippen LogP contribution < -0.4 is 38.1 Å². The summed E-state index contributed by atoms with van der Waals surface area (Å²) in [5.74, 6) is -7.58. The summed E-state index contributed by atoms with van der Waals surface area (Å²) in [5.41, 5.74) is 11.2. The number of carbonyl (C=O) groups is 7. The maximum absolute atomic E-state index is 13.4. The van der Waals surface area contributed by atoms with Crippen molar-refractivity contribution in [1.82, 2.24) is 26.6 Å². The van der Waals surface area contributed by atoms with Crippen molar-refractivity contribution in [3.63, 3.8) is 0 Å². The van der Waals surface area contributed by atoms with Crippen molar-refractivity contribution in [3.05, 3.63) is 0 Å². The molecule has 0 aliphatic heterocycles. The second-order valence-corrected chi connectivity index (χ2v) is 12.4. The molecule has 0 aromatic carbocycles. The van der Waals surface area contributed by atoms with Crippen LogP contribution in [-0.4, -0.2) is 105 Å². The molecular weight excluding hydrogens is 618 g/mol. The fourth-order valence-corrected chi connectivity index (χ4v) is 4.35. The van der Waals surface area contributed by atoms with Crippen LogP contribution in [0.1, 0.15) is 81.1 Å². The Bertz CT molecular complexity index is 1100. The van der Waals surface area contributed by atoms with Crippen LogP contribution in [0.2, 0.25) is 0 Å². The lowest BCUT2D eigenvalue weighted by Gasteiger charge is -2.31. The lowest BCUT2D eigenvalue weighted by atomic mass is 9.94. The van der Waals surface area contributed by atoms with E-state index in [0.29, 0.717) is 12.8 Å². The molecule has 0 saturated carbocycles. The van der Waals surface area contributed by atoms with Crippen molar-refractivity contribution in [1.29, 1.82) is 0 Å². The van der Waals surface area contributed by atoms with E-state index in [9.17, 15) is 48.9 Å². The van der Waals surface area contributed by atoms with Gasteiger partial charge in [0.2, 0.25) is 35.4 Å². The summed E-state index contributed by atoms with van der Waals surface area (Å²) in [6, 6.07) is -8.09. The van der Waals surface area contributed by atoms with E-state index in [4.69, 9.17) is 11.5 Å². The van der Waals surface area contributed by atoms with Gasteiger partial charge in [0.1, 0.15) is 24.2 Å². The van der Waals surface area contributed by atoms with Crippen molar-refractivity contribution in [2.45, 2.75) is 130 Å². The van der Waals surface area contributed by atoms with Crippen molar-refractivity contribution in [2.24, 2.45) is 29.2 Å². The van der Waals surface area contributed by atoms with E-state index < -0.39 is 102 Å². The smallest absolute Gasteiger partial charge is 0.328 e. The van der Waals surface area contributed by atoms with Gasteiger partial charge in [0.15, 0.2) is 6.04 Å². The highest BCUT2D eigenvalue weighted by atomic mass is 16.4. The monoisotopic (exact) mass is 673 g/mol. The lowest BCUT2D eigenvalue weighted by molar-refractivity contribution is -0.145. The Labute approximate surface area is 275 Å². The fraction of sp³-hybridized carbons (Fsp3) is 0.767. The van der Waals surface area contributed by atoms with Gasteiger partial charge in [0, 0.05) is 6.42 Å². The highest BCUT2D eigenvalue weighted by molar-refractivity contribution is 5.97. The zero-order valence-electron chi connectivity index (χ0n) is 28.5. The summed E-state index contributed by atoms with van der Waals surface area (Å²) in [4.78, 5) is 88.6. The van der Waals surface area contributed by atoms with Gasteiger partial charge in [0.25, 0.3) is 0 Å². The highest BCUT2D eigenvalue weighted by Gasteiger charge is 2.37. The average molecular weight is 674 g/mol. The summed E-state index contributed by atoms with van der Waals surface area (Å²) in [5, 5.41) is 41.4. The number of aliphatic carboxylic acids is 1. The molecule has 0 unspecified atom stereocenters. The number of aliphatic hydroxyl groups is 2. The summed E-state index contributed by atoms with van der Waals surface area (Å²) >= 11 is 0. The number of nitrogens with one attached hydrogen (secondary N) is 5. The number of rotatable bonds is 21. The van der Waals surface area contributed by atoms with Crippen molar-refractivity contribution in [2.75, 3.05) is 0 Å². The molecule has 0 aliphatic carbocycles. The molecule has 270 valence electrons. The van der Waals surface area contributed by atoms with Crippen molar-refractivity contribution in [3.8, 4) is 0 Å². The molecule has 0 aliphatic rings. The van der Waals surface area contributed by atoms with E-state index in [1.807, 2.05) is 20.8 Å². The normalized spacial score (nSPS) is 17.7. The molecule has 0 heterocycles. The molecule has 0 spiro atoms. The quantitative estimate of drug-likeness (QED) is 0.0612. The molecule has 12 N–H and O–H groups in total. The first-order valence-electron chi connectivity index (χ1n) is 15.8. The number of primary amides is 1. The van der Waals surface area contributed by atoms with Gasteiger partial charge in [-0.25, -0.2) is 4.79 Å². The molecule has 17 heteroatoms. The van der Waals surface area contributed by atoms with Gasteiger partial charge in [-0.2, -0.15) is 0 Å². The van der Waals surface area contributed by atoms with Crippen LogP contribution in [0.25, 0.3) is 0 Å². The van der Waals surface area contributed by atoms with Crippen LogP contribution in [0.5, 0.6) is 0 Å². The molecule has 6 amide bonds. The number of nitrogens with two attached hydrogens (primary N) is 2. The number of amides is 6. The first-order chi connectivity index (χ1) is 21.7. The van der Waals surface area contributed by atoms with Crippen molar-refractivity contribution >= 4 is 41.4 Å². The van der Waals surface area contributed by atoms with Crippen LogP contribution >= 0.6 is 0 Å². The number of carboxylic acids is 1. The average Bonchev–Trinajstić information content (AvgIpc) is 2.99. The summed E-state index contributed by atoms with van der Waals surface area (Å²) in [6.07, 6.45) is -2.65. The molecule has 0 aromatic rings. The summed E-state index contributed by atoms with van der Waals surface area (Å²) in [7, 11) is 0. The number of carbonyl (C=O) groups excluding carboxylic acids is 6. The topological polar surface area (TPSA) is 292 Å². The standard InChI is InChI=1S/C30H55N7O10/c1-9-14(5)20(32)26(42)35-22(15(6)10-2)28(44)34-21(13(3)4)27(43)36-23(16(7)38)29(45)33-18(11-12-19(31)40)25(41)37-24(17(8)39)30(46)47/h13-18,20-24,38-39H,9-12,32H2,1-8H3,(H2,31,40)(H,33,45)(H,34,44)(H,35,42)(H,36,43)(H,37,41)(H,46,47)/t14-,15-,16+,17+,18-,20-,21-,22-,23-,24-/m0/s1. The SMILES string of the molecule is CC[C@H](C)[C@H](N)C(=O)N[C@H](C(=O)N[C@H](C(=O)N[C@H](C(=O)N[C@@H](CCC(N)=O)C(=O)N[C@H](C(=O)O)[C@@H](C)O)[C@@H](C)O)C(C)C)[C@@H](C)CC. The van der Waals surface area contributed by atoms with Crippen LogP contribution in [0, 0.1) is 17.8 Å². The highest BCUT2D eigenvalue weighted by Crippen LogP contribution is 2.13. The van der Waals surface area contributed by atoms with E-state index in [0.717, 1.165) is 6.92 Å². The maximum atomic E-state index is 13.4. The molecule has 0 rings (SSSR count). The Balaban J connectivity index is 6.05. The Morgan fingerprint density at radius 2 is 1.02 bits per heavy atom. The molecule has 0 bridgehead atoms. The van der Waals surface area contributed by atoms with Crippen LogP contribution in [-0.2, 0) is 33.6 Å². The van der Waals surface area contributed by atoms with Crippen LogP contribution in [0.15, 0.2) is 0 Å². The van der Waals surface area contributed by atoms with Crippen LogP contribution in [0.3, 0.4) is 0 Å². The zero-order valence-corrected chi connectivity index (χ0v) is 28.5. The third-order valence-electron chi connectivity index (χ3n) is 8.02. The fourth-order valence-electron chi connectivity index (χ4n) is 4.35. The van der Waals surface area contributed by atoms with Gasteiger partial charge in [-0.3, -0.25) is 28.8 Å². The van der Waals surface area contributed by atoms with E-state index in [1.165, 1.54) is 6.92 Å². The van der Waals surface area contributed by atoms with E-state index in [2.05, 4.69) is 26.6 Å². The number of carboxylic acid groups (broad SMARTS) is 1. The molecule has 0 fully saturated rings. The Kier molecular flexibility index (Phi) is 18.8. The Hall–Kier alpha value is -3.83. The van der Waals surface area contributed by atoms with Crippen molar-refractivity contribution < 1.29 is 48.9 Å². The molecular formula is C30H55N7O10. The second-order valence-electron chi connectivity index (χ2n) is 12.4. The molecule has 0 radical (unpaired) electrons. The van der Waals surface area contributed by atoms with E-state index >= 15 is 0 Å². The molecule has 10 atom stereocenters. The molecule has 0 aromatic heterocycles. The first-order valence-corrected chi connectivity index (χ1v) is 15.8. The van der Waals surface area contributed by atoms with Crippen LogP contribution in [0.4, 0.5) is 0 Å². The molecule has 47 heavy (non-hydrogen) atoms. The van der Waals surface area contributed by atoms with Gasteiger partial charge >= 0.3 is 5.97 Å². The predicted molar refractivity (Wildman–Crippen MR) is 171 cm³/mol. The zero-order chi connectivity index (χ0) is 36.8.